The van der Waals surface area contributed by atoms with Crippen LogP contribution < -0.4 is 10.1 Å². The molecule has 0 saturated carbocycles. The summed E-state index contributed by atoms with van der Waals surface area (Å²) in [5.74, 6) is 0.362. The molecule has 1 amide bonds. The number of carbonyl (C=O) groups is 1. The number of hydrogen-bond donors (Lipinski definition) is 1. The summed E-state index contributed by atoms with van der Waals surface area (Å²) in [5.41, 5.74) is 2.05. The molecule has 2 rings (SSSR count). The Hall–Kier alpha value is -1.60. The van der Waals surface area contributed by atoms with E-state index in [9.17, 15) is 4.79 Å². The molecule has 136 valence electrons. The number of benzene rings is 1. The number of aromatic nitrogens is 2. The van der Waals surface area contributed by atoms with Gasteiger partial charge in [-0.3, -0.25) is 4.79 Å². The van der Waals surface area contributed by atoms with Crippen LogP contribution >= 0.6 is 23.1 Å². The van der Waals surface area contributed by atoms with Gasteiger partial charge < -0.3 is 10.1 Å². The maximum Gasteiger partial charge on any atom is 0.295 e. The van der Waals surface area contributed by atoms with Gasteiger partial charge in [0.25, 0.3) is 5.19 Å². The number of carbonyl (C=O) groups excluding carboxylic acids is 1. The highest BCUT2D eigenvalue weighted by Gasteiger charge is 2.19. The monoisotopic (exact) mass is 379 g/mol. The summed E-state index contributed by atoms with van der Waals surface area (Å²) >= 11 is 2.76. The molecule has 2 unspecified atom stereocenters. The molecule has 0 fully saturated rings. The van der Waals surface area contributed by atoms with Crippen molar-refractivity contribution in [2.24, 2.45) is 0 Å². The van der Waals surface area contributed by atoms with Crippen LogP contribution in [0.3, 0.4) is 0 Å². The normalized spacial score (nSPS) is 13.5. The maximum absolute atomic E-state index is 12.6. The summed E-state index contributed by atoms with van der Waals surface area (Å²) in [7, 11) is 0. The average molecular weight is 380 g/mol. The van der Waals surface area contributed by atoms with Gasteiger partial charge in [0.15, 0.2) is 4.34 Å². The van der Waals surface area contributed by atoms with Gasteiger partial charge in [-0.1, -0.05) is 48.9 Å². The fourth-order valence-corrected chi connectivity index (χ4v) is 4.14. The van der Waals surface area contributed by atoms with Crippen molar-refractivity contribution in [3.05, 3.63) is 29.8 Å². The van der Waals surface area contributed by atoms with E-state index in [4.69, 9.17) is 4.74 Å². The quantitative estimate of drug-likeness (QED) is 0.657. The van der Waals surface area contributed by atoms with Gasteiger partial charge in [0.2, 0.25) is 5.91 Å². The molecule has 0 radical (unpaired) electrons. The Balaban J connectivity index is 2.00. The summed E-state index contributed by atoms with van der Waals surface area (Å²) in [6.07, 6.45) is 1.09. The lowest BCUT2D eigenvalue weighted by atomic mass is 9.97. The molecule has 1 N–H and O–H groups in total. The lowest BCUT2D eigenvalue weighted by Crippen LogP contribution is -2.23. The molecule has 1 aromatic carbocycles. The zero-order chi connectivity index (χ0) is 18.4. The van der Waals surface area contributed by atoms with Crippen molar-refractivity contribution in [3.8, 4) is 5.19 Å². The predicted molar refractivity (Wildman–Crippen MR) is 105 cm³/mol. The molecule has 0 saturated heterocycles. The number of rotatable bonds is 8. The Bertz CT molecular complexity index is 703. The molecular weight excluding hydrogens is 354 g/mol. The Labute approximate surface area is 157 Å². The third-order valence-electron chi connectivity index (χ3n) is 3.73. The molecule has 0 spiro atoms. The first-order valence-corrected chi connectivity index (χ1v) is 10.2. The molecule has 1 heterocycles. The van der Waals surface area contributed by atoms with Crippen LogP contribution in [0.2, 0.25) is 0 Å². The summed E-state index contributed by atoms with van der Waals surface area (Å²) < 4.78 is 6.25. The van der Waals surface area contributed by atoms with Crippen LogP contribution in [0.1, 0.15) is 52.5 Å². The van der Waals surface area contributed by atoms with Crippen LogP contribution in [-0.4, -0.2) is 27.5 Å². The third kappa shape index (κ3) is 5.71. The second kappa shape index (κ2) is 9.20. The van der Waals surface area contributed by atoms with E-state index in [-0.39, 0.29) is 17.3 Å². The highest BCUT2D eigenvalue weighted by molar-refractivity contribution is 8.02. The van der Waals surface area contributed by atoms with Crippen molar-refractivity contribution in [3.63, 3.8) is 0 Å². The number of para-hydroxylation sites is 1. The second-order valence-electron chi connectivity index (χ2n) is 6.15. The summed E-state index contributed by atoms with van der Waals surface area (Å²) in [6, 6.07) is 7.98. The van der Waals surface area contributed by atoms with Crippen molar-refractivity contribution >= 4 is 34.7 Å². The topological polar surface area (TPSA) is 64.1 Å². The number of nitrogens with one attached hydrogen (secondary N) is 1. The minimum Gasteiger partial charge on any atom is -0.466 e. The van der Waals surface area contributed by atoms with Crippen LogP contribution in [0, 0.1) is 0 Å². The zero-order valence-electron chi connectivity index (χ0n) is 15.3. The van der Waals surface area contributed by atoms with Gasteiger partial charge in [0.05, 0.1) is 11.4 Å². The molecule has 0 aliphatic carbocycles. The molecule has 1 aromatic heterocycles. The number of anilines is 1. The summed E-state index contributed by atoms with van der Waals surface area (Å²) in [4.78, 5) is 12.6. The number of nitrogens with zero attached hydrogens (tertiary/aromatic N) is 2. The van der Waals surface area contributed by atoms with E-state index in [0.717, 1.165) is 16.4 Å². The Morgan fingerprint density at radius 2 is 1.96 bits per heavy atom. The lowest BCUT2D eigenvalue weighted by Gasteiger charge is -2.17. The van der Waals surface area contributed by atoms with Crippen molar-refractivity contribution in [2.45, 2.75) is 62.7 Å². The van der Waals surface area contributed by atoms with E-state index < -0.39 is 0 Å². The number of ether oxygens (including phenoxy) is 1. The first kappa shape index (κ1) is 19.7. The number of amides is 1. The van der Waals surface area contributed by atoms with Crippen molar-refractivity contribution in [1.82, 2.24) is 10.2 Å². The van der Waals surface area contributed by atoms with Gasteiger partial charge in [-0.05, 0) is 56.1 Å². The standard InChI is InChI=1S/C18H25N3O2S2/c1-6-12(4)14-9-7-8-10-15(14)19-16(22)13(5)24-18-21-20-17(25-18)23-11(2)3/h7-13H,6H2,1-5H3,(H,19,22). The fraction of sp³-hybridized carbons (Fsp3) is 0.500. The van der Waals surface area contributed by atoms with Gasteiger partial charge in [-0.25, -0.2) is 0 Å². The molecule has 25 heavy (non-hydrogen) atoms. The molecule has 2 aromatic rings. The van der Waals surface area contributed by atoms with E-state index >= 15 is 0 Å². The Morgan fingerprint density at radius 1 is 1.24 bits per heavy atom. The van der Waals surface area contributed by atoms with Crippen LogP contribution in [0.5, 0.6) is 5.19 Å². The molecule has 0 bridgehead atoms. The van der Waals surface area contributed by atoms with Crippen LogP contribution in [-0.2, 0) is 4.79 Å². The molecule has 7 heteroatoms. The van der Waals surface area contributed by atoms with Gasteiger partial charge in [0.1, 0.15) is 0 Å². The van der Waals surface area contributed by atoms with E-state index in [0.29, 0.717) is 11.1 Å². The first-order valence-electron chi connectivity index (χ1n) is 8.47. The van der Waals surface area contributed by atoms with E-state index in [1.165, 1.54) is 28.7 Å². The Kier molecular flexibility index (Phi) is 7.25. The maximum atomic E-state index is 12.6. The van der Waals surface area contributed by atoms with Crippen LogP contribution in [0.25, 0.3) is 0 Å². The molecule has 2 atom stereocenters. The van der Waals surface area contributed by atoms with Gasteiger partial charge in [-0.2, -0.15) is 0 Å². The third-order valence-corrected chi connectivity index (χ3v) is 5.73. The van der Waals surface area contributed by atoms with Crippen LogP contribution in [0.15, 0.2) is 28.6 Å². The molecule has 5 nitrogen and oxygen atoms in total. The number of thioether (sulfide) groups is 1. The minimum atomic E-state index is -0.273. The highest BCUT2D eigenvalue weighted by atomic mass is 32.2. The van der Waals surface area contributed by atoms with Crippen molar-refractivity contribution < 1.29 is 9.53 Å². The van der Waals surface area contributed by atoms with E-state index in [1.807, 2.05) is 39.0 Å². The molecular formula is C18H25N3O2S2. The first-order chi connectivity index (χ1) is 11.9. The summed E-state index contributed by atoms with van der Waals surface area (Å²) in [6.45, 7) is 10.1. The van der Waals surface area contributed by atoms with Gasteiger partial charge >= 0.3 is 0 Å². The van der Waals surface area contributed by atoms with Gasteiger partial charge in [0, 0.05) is 5.69 Å². The predicted octanol–water partition coefficient (Wildman–Crippen LogP) is 4.96. The Morgan fingerprint density at radius 3 is 2.64 bits per heavy atom. The zero-order valence-corrected chi connectivity index (χ0v) is 16.9. The van der Waals surface area contributed by atoms with Crippen molar-refractivity contribution in [1.29, 1.82) is 0 Å². The van der Waals surface area contributed by atoms with Crippen molar-refractivity contribution in [2.75, 3.05) is 5.32 Å². The number of hydrogen-bond acceptors (Lipinski definition) is 6. The SMILES string of the molecule is CCC(C)c1ccccc1NC(=O)C(C)Sc1nnc(OC(C)C)s1. The van der Waals surface area contributed by atoms with E-state index in [1.54, 1.807) is 0 Å². The fourth-order valence-electron chi connectivity index (χ4n) is 2.19. The van der Waals surface area contributed by atoms with Gasteiger partial charge in [-0.15, -0.1) is 5.10 Å². The summed E-state index contributed by atoms with van der Waals surface area (Å²) in [5, 5.41) is 11.4. The smallest absolute Gasteiger partial charge is 0.295 e. The largest absolute Gasteiger partial charge is 0.466 e. The second-order valence-corrected chi connectivity index (χ2v) is 8.67. The lowest BCUT2D eigenvalue weighted by molar-refractivity contribution is -0.115. The minimum absolute atomic E-state index is 0.0396. The molecule has 0 aliphatic rings. The highest BCUT2D eigenvalue weighted by Crippen LogP contribution is 2.32. The van der Waals surface area contributed by atoms with Crippen LogP contribution in [0.4, 0.5) is 5.69 Å². The van der Waals surface area contributed by atoms with E-state index in [2.05, 4.69) is 35.4 Å². The average Bonchev–Trinajstić information content (AvgIpc) is 3.00. The molecule has 0 aliphatic heterocycles.